The second-order valence-corrected chi connectivity index (χ2v) is 11.5. The van der Waals surface area contributed by atoms with Crippen molar-refractivity contribution in [2.45, 2.75) is 12.8 Å². The van der Waals surface area contributed by atoms with Gasteiger partial charge >= 0.3 is 0 Å². The molecule has 7 aromatic carbocycles. The Balaban J connectivity index is 1.42. The fourth-order valence-electron chi connectivity index (χ4n) is 7.23. The first-order valence-corrected chi connectivity index (χ1v) is 14.7. The molecule has 1 nitrogen and oxygen atoms in total. The first-order chi connectivity index (χ1) is 20.7. The third kappa shape index (κ3) is 3.85. The molecule has 0 bridgehead atoms. The van der Waals surface area contributed by atoms with Gasteiger partial charge in [-0.25, -0.2) is 0 Å². The van der Waals surface area contributed by atoms with E-state index in [1.165, 1.54) is 54.9 Å². The van der Waals surface area contributed by atoms with Crippen molar-refractivity contribution in [2.24, 2.45) is 5.92 Å². The van der Waals surface area contributed by atoms with Crippen LogP contribution in [0.5, 0.6) is 5.75 Å². The summed E-state index contributed by atoms with van der Waals surface area (Å²) in [6, 6.07) is 49.8. The molecule has 1 heteroatoms. The summed E-state index contributed by atoms with van der Waals surface area (Å²) in [4.78, 5) is 0. The van der Waals surface area contributed by atoms with Crippen LogP contribution in [0.15, 0.2) is 146 Å². The molecule has 8 rings (SSSR count). The lowest BCUT2D eigenvalue weighted by atomic mass is 9.70. The van der Waals surface area contributed by atoms with Crippen molar-refractivity contribution in [1.29, 1.82) is 0 Å². The molecule has 2 unspecified atom stereocenters. The van der Waals surface area contributed by atoms with E-state index in [1.807, 2.05) is 12.1 Å². The average molecular weight is 539 g/mol. The summed E-state index contributed by atoms with van der Waals surface area (Å²) in [7, 11) is 0. The molecule has 0 heterocycles. The Morgan fingerprint density at radius 2 is 1.14 bits per heavy atom. The quantitative estimate of drug-likeness (QED) is 0.222. The number of aromatic hydroxyl groups is 1. The number of rotatable bonds is 3. The van der Waals surface area contributed by atoms with E-state index in [0.717, 1.165) is 16.3 Å². The lowest BCUT2D eigenvalue weighted by molar-refractivity contribution is 0.476. The fourth-order valence-corrected chi connectivity index (χ4v) is 7.23. The first-order valence-electron chi connectivity index (χ1n) is 14.7. The maximum absolute atomic E-state index is 10.2. The number of hydrogen-bond donors (Lipinski definition) is 1. The van der Waals surface area contributed by atoms with Gasteiger partial charge in [0.05, 0.1) is 0 Å². The normalized spacial score (nSPS) is 16.5. The van der Waals surface area contributed by atoms with E-state index >= 15 is 0 Å². The molecule has 0 fully saturated rings. The van der Waals surface area contributed by atoms with Crippen LogP contribution < -0.4 is 0 Å². The van der Waals surface area contributed by atoms with Crippen LogP contribution in [0.2, 0.25) is 0 Å². The Hall–Kier alpha value is -5.14. The van der Waals surface area contributed by atoms with Crippen molar-refractivity contribution < 1.29 is 5.11 Å². The number of allylic oxidation sites excluding steroid dienone is 1. The van der Waals surface area contributed by atoms with E-state index < -0.39 is 0 Å². The molecule has 7 aromatic rings. The number of phenols is 1. The first kappa shape index (κ1) is 24.6. The summed E-state index contributed by atoms with van der Waals surface area (Å²) < 4.78 is 0. The van der Waals surface area contributed by atoms with Gasteiger partial charge in [0.1, 0.15) is 5.75 Å². The second kappa shape index (κ2) is 9.75. The maximum atomic E-state index is 10.2. The molecule has 1 aliphatic rings. The van der Waals surface area contributed by atoms with Crippen LogP contribution >= 0.6 is 0 Å². The molecule has 2 atom stereocenters. The zero-order valence-corrected chi connectivity index (χ0v) is 23.5. The molecular weight excluding hydrogens is 508 g/mol. The van der Waals surface area contributed by atoms with Gasteiger partial charge < -0.3 is 5.11 Å². The van der Waals surface area contributed by atoms with E-state index in [0.29, 0.717) is 5.92 Å². The lowest BCUT2D eigenvalue weighted by Gasteiger charge is -2.33. The molecule has 42 heavy (non-hydrogen) atoms. The average Bonchev–Trinajstić information content (AvgIpc) is 3.04. The zero-order valence-electron chi connectivity index (χ0n) is 23.5. The van der Waals surface area contributed by atoms with E-state index in [-0.39, 0.29) is 11.7 Å². The van der Waals surface area contributed by atoms with Crippen molar-refractivity contribution in [3.8, 4) is 16.9 Å². The van der Waals surface area contributed by atoms with Crippen molar-refractivity contribution >= 4 is 37.9 Å². The summed E-state index contributed by atoms with van der Waals surface area (Å²) in [6.45, 7) is 2.37. The number of fused-ring (bicyclic) bond motifs is 4. The van der Waals surface area contributed by atoms with Crippen LogP contribution in [0, 0.1) is 5.92 Å². The highest BCUT2D eigenvalue weighted by Gasteiger charge is 2.32. The summed E-state index contributed by atoms with van der Waals surface area (Å²) >= 11 is 0. The Morgan fingerprint density at radius 1 is 0.524 bits per heavy atom. The largest absolute Gasteiger partial charge is 0.508 e. The van der Waals surface area contributed by atoms with Gasteiger partial charge in [-0.1, -0.05) is 134 Å². The molecule has 0 aromatic heterocycles. The summed E-state index contributed by atoms with van der Waals surface area (Å²) in [5, 5.41) is 17.5. The minimum atomic E-state index is 0.214. The Morgan fingerprint density at radius 3 is 1.88 bits per heavy atom. The minimum absolute atomic E-state index is 0.214. The molecule has 0 aliphatic heterocycles. The van der Waals surface area contributed by atoms with Crippen molar-refractivity contribution in [3.63, 3.8) is 0 Å². The Bertz CT molecular complexity index is 2110. The number of hydrogen-bond acceptors (Lipinski definition) is 1. The highest BCUT2D eigenvalue weighted by Crippen LogP contribution is 2.50. The fraction of sp³-hybridized carbons (Fsp3) is 0.0732. The van der Waals surface area contributed by atoms with Gasteiger partial charge in [0, 0.05) is 5.92 Å². The highest BCUT2D eigenvalue weighted by molar-refractivity contribution is 6.16. The van der Waals surface area contributed by atoms with E-state index in [1.54, 1.807) is 6.07 Å². The Labute approximate surface area is 246 Å². The smallest absolute Gasteiger partial charge is 0.116 e. The summed E-state index contributed by atoms with van der Waals surface area (Å²) in [5.74, 6) is 0.806. The number of benzene rings is 7. The van der Waals surface area contributed by atoms with Crippen LogP contribution in [0.25, 0.3) is 49.0 Å². The van der Waals surface area contributed by atoms with Gasteiger partial charge in [-0.15, -0.1) is 0 Å². The predicted octanol–water partition coefficient (Wildman–Crippen LogP) is 10.7. The van der Waals surface area contributed by atoms with Gasteiger partial charge in [0.2, 0.25) is 0 Å². The van der Waals surface area contributed by atoms with Crippen LogP contribution in [0.4, 0.5) is 0 Å². The predicted molar refractivity (Wildman–Crippen MR) is 177 cm³/mol. The molecule has 0 radical (unpaired) electrons. The second-order valence-electron chi connectivity index (χ2n) is 11.5. The van der Waals surface area contributed by atoms with Crippen LogP contribution in [-0.4, -0.2) is 5.11 Å². The molecule has 0 saturated heterocycles. The van der Waals surface area contributed by atoms with Crippen LogP contribution in [0.1, 0.15) is 35.1 Å². The maximum Gasteiger partial charge on any atom is 0.116 e. The molecule has 0 spiro atoms. The standard InChI is InChI=1S/C41H30O/c1-26-23-38(28-11-3-2-4-12-28)32-13-5-6-14-33(32)39(26)41-36-17-9-7-15-34(36)40(35-16-8-10-18-37(35)41)29-20-19-27-21-22-31(42)25-30(27)24-29/h2-26,39,42H,1H3. The van der Waals surface area contributed by atoms with E-state index in [2.05, 4.69) is 134 Å². The van der Waals surface area contributed by atoms with Crippen molar-refractivity contribution in [2.75, 3.05) is 0 Å². The van der Waals surface area contributed by atoms with E-state index in [9.17, 15) is 5.11 Å². The third-order valence-electron chi connectivity index (χ3n) is 9.02. The molecule has 0 amide bonds. The van der Waals surface area contributed by atoms with Gasteiger partial charge in [0.15, 0.2) is 0 Å². The van der Waals surface area contributed by atoms with Crippen molar-refractivity contribution in [3.05, 3.63) is 168 Å². The molecular formula is C41H30O. The molecule has 1 aliphatic carbocycles. The monoisotopic (exact) mass is 538 g/mol. The zero-order chi connectivity index (χ0) is 28.2. The third-order valence-corrected chi connectivity index (χ3v) is 9.02. The minimum Gasteiger partial charge on any atom is -0.508 e. The van der Waals surface area contributed by atoms with Gasteiger partial charge in [-0.05, 0) is 95.4 Å². The van der Waals surface area contributed by atoms with Crippen LogP contribution in [-0.2, 0) is 0 Å². The number of phenolic OH excluding ortho intramolecular Hbond substituents is 1. The summed E-state index contributed by atoms with van der Waals surface area (Å²) in [6.07, 6.45) is 2.48. The molecule has 200 valence electrons. The Kier molecular flexibility index (Phi) is 5.72. The van der Waals surface area contributed by atoms with Gasteiger partial charge in [0.25, 0.3) is 0 Å². The van der Waals surface area contributed by atoms with Gasteiger partial charge in [-0.3, -0.25) is 0 Å². The van der Waals surface area contributed by atoms with E-state index in [4.69, 9.17) is 0 Å². The summed E-state index contributed by atoms with van der Waals surface area (Å²) in [5.41, 5.74) is 9.09. The van der Waals surface area contributed by atoms with Gasteiger partial charge in [-0.2, -0.15) is 0 Å². The van der Waals surface area contributed by atoms with Crippen LogP contribution in [0.3, 0.4) is 0 Å². The SMILES string of the molecule is CC1C=C(c2ccccc2)c2ccccc2C1c1c2ccccc2c(-c2ccc3ccc(O)cc3c2)c2ccccc12. The molecule has 1 N–H and O–H groups in total. The topological polar surface area (TPSA) is 20.2 Å². The lowest BCUT2D eigenvalue weighted by Crippen LogP contribution is -2.18. The van der Waals surface area contributed by atoms with Crippen molar-refractivity contribution in [1.82, 2.24) is 0 Å². The molecule has 0 saturated carbocycles. The highest BCUT2D eigenvalue weighted by atomic mass is 16.3.